The molecule has 1 fully saturated rings. The number of fused-ring (bicyclic) bond motifs is 1. The van der Waals surface area contributed by atoms with Gasteiger partial charge in [-0.3, -0.25) is 0 Å². The molecule has 15 heavy (non-hydrogen) atoms. The van der Waals surface area contributed by atoms with Crippen molar-refractivity contribution in [2.45, 2.75) is 12.5 Å². The molecule has 0 amide bonds. The topological polar surface area (TPSA) is 55.3 Å². The molecule has 2 N–H and O–H groups in total. The highest BCUT2D eigenvalue weighted by Crippen LogP contribution is 2.23. The molecule has 2 heterocycles. The Kier molecular flexibility index (Phi) is 1.89. The molecule has 0 bridgehead atoms. The van der Waals surface area contributed by atoms with Gasteiger partial charge in [0, 0.05) is 19.1 Å². The highest BCUT2D eigenvalue weighted by atomic mass is 16.4. The first kappa shape index (κ1) is 8.73. The molecule has 1 atom stereocenters. The zero-order chi connectivity index (χ0) is 10.3. The zero-order valence-electron chi connectivity index (χ0n) is 8.39. The second-order valence-electron chi connectivity index (χ2n) is 3.96. The van der Waals surface area contributed by atoms with Crippen molar-refractivity contribution >= 4 is 17.1 Å². The average molecular weight is 203 g/mol. The Morgan fingerprint density at radius 2 is 2.27 bits per heavy atom. The Hall–Kier alpha value is -1.55. The second-order valence-corrected chi connectivity index (χ2v) is 3.96. The van der Waals surface area contributed by atoms with Crippen molar-refractivity contribution in [3.05, 3.63) is 24.3 Å². The van der Waals surface area contributed by atoms with Crippen LogP contribution in [0, 0.1) is 0 Å². The summed E-state index contributed by atoms with van der Waals surface area (Å²) in [5, 5.41) is 0. The van der Waals surface area contributed by atoms with E-state index < -0.39 is 0 Å². The van der Waals surface area contributed by atoms with Gasteiger partial charge in [-0.2, -0.15) is 4.98 Å². The first-order valence-electron chi connectivity index (χ1n) is 5.19. The highest BCUT2D eigenvalue weighted by Gasteiger charge is 2.23. The predicted molar refractivity (Wildman–Crippen MR) is 58.8 cm³/mol. The molecule has 1 aliphatic rings. The van der Waals surface area contributed by atoms with E-state index in [1.165, 1.54) is 0 Å². The van der Waals surface area contributed by atoms with Crippen LogP contribution in [-0.2, 0) is 0 Å². The normalized spacial score (nSPS) is 21.4. The van der Waals surface area contributed by atoms with E-state index in [4.69, 9.17) is 10.2 Å². The van der Waals surface area contributed by atoms with E-state index in [9.17, 15) is 0 Å². The van der Waals surface area contributed by atoms with Crippen LogP contribution in [0.15, 0.2) is 28.7 Å². The van der Waals surface area contributed by atoms with E-state index in [0.29, 0.717) is 6.01 Å². The third kappa shape index (κ3) is 1.47. The van der Waals surface area contributed by atoms with Crippen LogP contribution in [0.2, 0.25) is 0 Å². The summed E-state index contributed by atoms with van der Waals surface area (Å²) in [6.45, 7) is 1.78. The molecular formula is C11H13N3O. The molecule has 3 rings (SSSR count). The number of benzene rings is 1. The lowest BCUT2D eigenvalue weighted by atomic mass is 10.3. The Morgan fingerprint density at radius 3 is 3.00 bits per heavy atom. The minimum atomic E-state index is 0.250. The van der Waals surface area contributed by atoms with Gasteiger partial charge in [0.25, 0.3) is 6.01 Å². The maximum absolute atomic E-state index is 5.85. The van der Waals surface area contributed by atoms with Crippen LogP contribution < -0.4 is 10.6 Å². The lowest BCUT2D eigenvalue weighted by molar-refractivity contribution is 0.583. The summed E-state index contributed by atoms with van der Waals surface area (Å²) in [6, 6.07) is 8.75. The van der Waals surface area contributed by atoms with E-state index in [2.05, 4.69) is 9.88 Å². The van der Waals surface area contributed by atoms with Crippen molar-refractivity contribution < 1.29 is 4.42 Å². The van der Waals surface area contributed by atoms with E-state index in [-0.39, 0.29) is 6.04 Å². The molecule has 0 aliphatic carbocycles. The maximum Gasteiger partial charge on any atom is 0.298 e. The number of hydrogen-bond acceptors (Lipinski definition) is 4. The Labute approximate surface area is 87.7 Å². The number of para-hydroxylation sites is 2. The maximum atomic E-state index is 5.85. The quantitative estimate of drug-likeness (QED) is 0.760. The summed E-state index contributed by atoms with van der Waals surface area (Å²) in [5.41, 5.74) is 7.60. The fourth-order valence-electron chi connectivity index (χ4n) is 1.96. The van der Waals surface area contributed by atoms with E-state index in [1.54, 1.807) is 0 Å². The largest absolute Gasteiger partial charge is 0.423 e. The van der Waals surface area contributed by atoms with Gasteiger partial charge in [-0.25, -0.2) is 0 Å². The number of oxazole rings is 1. The summed E-state index contributed by atoms with van der Waals surface area (Å²) in [5.74, 6) is 0. The van der Waals surface area contributed by atoms with Crippen molar-refractivity contribution in [3.63, 3.8) is 0 Å². The van der Waals surface area contributed by atoms with E-state index in [0.717, 1.165) is 30.6 Å². The van der Waals surface area contributed by atoms with Gasteiger partial charge < -0.3 is 15.1 Å². The predicted octanol–water partition coefficient (Wildman–Crippen LogP) is 1.37. The highest BCUT2D eigenvalue weighted by molar-refractivity contribution is 5.74. The molecule has 1 aromatic carbocycles. The number of nitrogens with zero attached hydrogens (tertiary/aromatic N) is 2. The summed E-state index contributed by atoms with van der Waals surface area (Å²) >= 11 is 0. The van der Waals surface area contributed by atoms with Gasteiger partial charge in [-0.15, -0.1) is 0 Å². The summed E-state index contributed by atoms with van der Waals surface area (Å²) in [4.78, 5) is 6.53. The first-order chi connectivity index (χ1) is 7.33. The lowest BCUT2D eigenvalue weighted by Gasteiger charge is -2.11. The molecule has 78 valence electrons. The van der Waals surface area contributed by atoms with Crippen LogP contribution >= 0.6 is 0 Å². The number of rotatable bonds is 1. The van der Waals surface area contributed by atoms with Crippen LogP contribution in [0.3, 0.4) is 0 Å². The van der Waals surface area contributed by atoms with Crippen LogP contribution in [0.1, 0.15) is 6.42 Å². The van der Waals surface area contributed by atoms with Crippen molar-refractivity contribution in [3.8, 4) is 0 Å². The molecule has 1 aromatic heterocycles. The van der Waals surface area contributed by atoms with Crippen molar-refractivity contribution in [2.75, 3.05) is 18.0 Å². The van der Waals surface area contributed by atoms with Crippen LogP contribution in [0.5, 0.6) is 0 Å². The van der Waals surface area contributed by atoms with E-state index >= 15 is 0 Å². The SMILES string of the molecule is NC1CCN(c2nc3ccccc3o2)C1. The average Bonchev–Trinajstić information content (AvgIpc) is 2.82. The van der Waals surface area contributed by atoms with Crippen LogP contribution in [-0.4, -0.2) is 24.1 Å². The van der Waals surface area contributed by atoms with Crippen LogP contribution in [0.4, 0.5) is 6.01 Å². The van der Waals surface area contributed by atoms with Gasteiger partial charge in [-0.1, -0.05) is 12.1 Å². The molecule has 1 unspecified atom stereocenters. The molecule has 4 heteroatoms. The van der Waals surface area contributed by atoms with Gasteiger partial charge in [0.2, 0.25) is 0 Å². The Morgan fingerprint density at radius 1 is 1.40 bits per heavy atom. The van der Waals surface area contributed by atoms with Crippen molar-refractivity contribution in [1.29, 1.82) is 0 Å². The lowest BCUT2D eigenvalue weighted by Crippen LogP contribution is -2.26. The molecule has 0 spiro atoms. The van der Waals surface area contributed by atoms with Crippen molar-refractivity contribution in [2.24, 2.45) is 5.73 Å². The minimum Gasteiger partial charge on any atom is -0.423 e. The van der Waals surface area contributed by atoms with E-state index in [1.807, 2.05) is 24.3 Å². The third-order valence-corrected chi connectivity index (χ3v) is 2.78. The Bertz CT molecular complexity index is 446. The minimum absolute atomic E-state index is 0.250. The van der Waals surface area contributed by atoms with Gasteiger partial charge in [-0.05, 0) is 18.6 Å². The van der Waals surface area contributed by atoms with Crippen LogP contribution in [0.25, 0.3) is 11.1 Å². The third-order valence-electron chi connectivity index (χ3n) is 2.78. The summed E-state index contributed by atoms with van der Waals surface area (Å²) < 4.78 is 5.66. The molecule has 0 saturated carbocycles. The molecule has 4 nitrogen and oxygen atoms in total. The summed E-state index contributed by atoms with van der Waals surface area (Å²) in [6.07, 6.45) is 1.01. The monoisotopic (exact) mass is 203 g/mol. The van der Waals surface area contributed by atoms with Gasteiger partial charge >= 0.3 is 0 Å². The molecular weight excluding hydrogens is 190 g/mol. The molecule has 1 saturated heterocycles. The standard InChI is InChI=1S/C11H13N3O/c12-8-5-6-14(7-8)11-13-9-3-1-2-4-10(9)15-11/h1-4,8H,5-7,12H2. The van der Waals surface area contributed by atoms with Gasteiger partial charge in [0.1, 0.15) is 5.52 Å². The number of aromatic nitrogens is 1. The number of nitrogens with two attached hydrogens (primary N) is 1. The van der Waals surface area contributed by atoms with Gasteiger partial charge in [0.15, 0.2) is 5.58 Å². The number of anilines is 1. The molecule has 2 aromatic rings. The summed E-state index contributed by atoms with van der Waals surface area (Å²) in [7, 11) is 0. The molecule has 1 aliphatic heterocycles. The Balaban J connectivity index is 1.98. The van der Waals surface area contributed by atoms with Gasteiger partial charge in [0.05, 0.1) is 0 Å². The second kappa shape index (κ2) is 3.24. The molecule has 0 radical (unpaired) electrons. The smallest absolute Gasteiger partial charge is 0.298 e. The fraction of sp³-hybridized carbons (Fsp3) is 0.364. The first-order valence-corrected chi connectivity index (χ1v) is 5.19. The fourth-order valence-corrected chi connectivity index (χ4v) is 1.96. The van der Waals surface area contributed by atoms with Crippen molar-refractivity contribution in [1.82, 2.24) is 4.98 Å². The number of hydrogen-bond donors (Lipinski definition) is 1. The zero-order valence-corrected chi connectivity index (χ0v) is 8.39.